The number of amides is 2. The summed E-state index contributed by atoms with van der Waals surface area (Å²) in [5, 5.41) is 6.12. The number of anilines is 1. The van der Waals surface area contributed by atoms with Gasteiger partial charge < -0.3 is 15.4 Å². The number of rotatable bonds is 9. The first-order valence-corrected chi connectivity index (χ1v) is 13.5. The van der Waals surface area contributed by atoms with Gasteiger partial charge in [-0.25, -0.2) is 9.36 Å². The highest BCUT2D eigenvalue weighted by Crippen LogP contribution is 2.16. The maximum absolute atomic E-state index is 13.7. The van der Waals surface area contributed by atoms with Gasteiger partial charge in [0.2, 0.25) is 11.8 Å². The van der Waals surface area contributed by atoms with Gasteiger partial charge in [0.1, 0.15) is 6.54 Å². The van der Waals surface area contributed by atoms with E-state index in [9.17, 15) is 19.2 Å². The molecule has 0 bridgehead atoms. The molecule has 2 heterocycles. The Kier molecular flexibility index (Phi) is 8.21. The van der Waals surface area contributed by atoms with E-state index in [2.05, 4.69) is 10.6 Å². The van der Waals surface area contributed by atoms with Crippen molar-refractivity contribution in [1.82, 2.24) is 14.5 Å². The summed E-state index contributed by atoms with van der Waals surface area (Å²) < 4.78 is 7.92. The first-order valence-electron chi connectivity index (χ1n) is 13.5. The zero-order valence-electron chi connectivity index (χ0n) is 22.4. The predicted molar refractivity (Wildman–Crippen MR) is 154 cm³/mol. The van der Waals surface area contributed by atoms with Gasteiger partial charge in [-0.2, -0.15) is 0 Å². The highest BCUT2D eigenvalue weighted by atomic mass is 16.5. The van der Waals surface area contributed by atoms with Crippen LogP contribution in [0.2, 0.25) is 0 Å². The summed E-state index contributed by atoms with van der Waals surface area (Å²) >= 11 is 0. The molecule has 1 atom stereocenters. The number of para-hydroxylation sites is 2. The minimum atomic E-state index is -0.621. The Morgan fingerprint density at radius 1 is 0.950 bits per heavy atom. The monoisotopic (exact) mass is 540 g/mol. The molecule has 1 aromatic heterocycles. The topological polar surface area (TPSA) is 111 Å². The normalized spacial score (nSPS) is 14.8. The van der Waals surface area contributed by atoms with E-state index in [-0.39, 0.29) is 30.9 Å². The van der Waals surface area contributed by atoms with E-state index in [1.165, 1.54) is 4.57 Å². The highest BCUT2D eigenvalue weighted by molar-refractivity contribution is 5.92. The van der Waals surface area contributed by atoms with Crippen LogP contribution in [0, 0.1) is 0 Å². The van der Waals surface area contributed by atoms with Gasteiger partial charge in [0.15, 0.2) is 0 Å². The number of hydrogen-bond donors (Lipinski definition) is 2. The van der Waals surface area contributed by atoms with Crippen LogP contribution in [0.4, 0.5) is 5.69 Å². The fourth-order valence-electron chi connectivity index (χ4n) is 5.03. The average Bonchev–Trinajstić information content (AvgIpc) is 3.49. The number of aromatic nitrogens is 2. The molecule has 0 saturated carbocycles. The van der Waals surface area contributed by atoms with Crippen LogP contribution in [0.1, 0.15) is 30.9 Å². The van der Waals surface area contributed by atoms with Crippen LogP contribution in [0.15, 0.2) is 82.4 Å². The lowest BCUT2D eigenvalue weighted by Crippen LogP contribution is -2.40. The quantitative estimate of drug-likeness (QED) is 0.339. The molecule has 9 heteroatoms. The van der Waals surface area contributed by atoms with Crippen LogP contribution in [-0.4, -0.2) is 40.2 Å². The number of nitrogens with zero attached hydrogens (tertiary/aromatic N) is 2. The lowest BCUT2D eigenvalue weighted by molar-refractivity contribution is -0.121. The second-order valence-corrected chi connectivity index (χ2v) is 9.87. The van der Waals surface area contributed by atoms with Gasteiger partial charge in [0.05, 0.1) is 29.1 Å². The number of hydrogen-bond acceptors (Lipinski definition) is 5. The van der Waals surface area contributed by atoms with Gasteiger partial charge in [-0.15, -0.1) is 0 Å². The van der Waals surface area contributed by atoms with E-state index in [4.69, 9.17) is 4.74 Å². The summed E-state index contributed by atoms with van der Waals surface area (Å²) in [5.41, 5.74) is 2.06. The maximum Gasteiger partial charge on any atom is 0.336 e. The molecule has 3 aromatic carbocycles. The van der Waals surface area contributed by atoms with Gasteiger partial charge in [-0.3, -0.25) is 19.0 Å². The average molecular weight is 541 g/mol. The molecule has 0 aliphatic carbocycles. The number of benzene rings is 3. The zero-order chi connectivity index (χ0) is 28.1. The summed E-state index contributed by atoms with van der Waals surface area (Å²) in [6.45, 7) is 2.96. The predicted octanol–water partition coefficient (Wildman–Crippen LogP) is 3.19. The Morgan fingerprint density at radius 3 is 2.45 bits per heavy atom. The number of aryl methyl sites for hydroxylation is 1. The third-order valence-corrected chi connectivity index (χ3v) is 7.13. The van der Waals surface area contributed by atoms with Crippen LogP contribution in [0.5, 0.6) is 0 Å². The molecule has 1 fully saturated rings. The van der Waals surface area contributed by atoms with Crippen molar-refractivity contribution in [2.75, 3.05) is 18.5 Å². The molecule has 1 saturated heterocycles. The molecule has 9 nitrogen and oxygen atoms in total. The molecule has 0 spiro atoms. The lowest BCUT2D eigenvalue weighted by Gasteiger charge is -2.15. The van der Waals surface area contributed by atoms with Gasteiger partial charge in [-0.1, -0.05) is 49.4 Å². The molecule has 1 aliphatic heterocycles. The highest BCUT2D eigenvalue weighted by Gasteiger charge is 2.18. The van der Waals surface area contributed by atoms with Crippen molar-refractivity contribution in [2.45, 2.75) is 45.3 Å². The molecule has 206 valence electrons. The summed E-state index contributed by atoms with van der Waals surface area (Å²) in [5.74, 6) is -0.494. The third-order valence-electron chi connectivity index (χ3n) is 7.13. The summed E-state index contributed by atoms with van der Waals surface area (Å²) in [6, 6.07) is 21.0. The fourth-order valence-corrected chi connectivity index (χ4v) is 5.03. The molecule has 2 amide bonds. The molecule has 4 aromatic rings. The Morgan fingerprint density at radius 2 is 1.70 bits per heavy atom. The second-order valence-electron chi connectivity index (χ2n) is 9.87. The van der Waals surface area contributed by atoms with Crippen molar-refractivity contribution in [3.63, 3.8) is 0 Å². The number of nitrogens with one attached hydrogen (secondary N) is 2. The SMILES string of the molecule is CCc1ccccc1NC(=O)Cn1c(=O)n(-c2ccc(CC(=O)NC[C@H]3CCCO3)cc2)c(=O)c2ccccc21. The molecular formula is C31H32N4O5. The molecule has 2 N–H and O–H groups in total. The van der Waals surface area contributed by atoms with E-state index in [0.29, 0.717) is 28.8 Å². The smallest absolute Gasteiger partial charge is 0.336 e. The standard InChI is InChI=1S/C31H32N4O5/c1-2-22-8-3-5-11-26(22)33-29(37)20-34-27-12-6-4-10-25(27)30(38)35(31(34)39)23-15-13-21(14-16-23)18-28(36)32-19-24-9-7-17-40-24/h3-6,8,10-16,24H,2,7,9,17-20H2,1H3,(H,32,36)(H,33,37)/t24-/m1/s1. The van der Waals surface area contributed by atoms with Crippen molar-refractivity contribution in [3.05, 3.63) is 105 Å². The summed E-state index contributed by atoms with van der Waals surface area (Å²) in [7, 11) is 0. The van der Waals surface area contributed by atoms with Gasteiger partial charge in [-0.05, 0) is 60.7 Å². The molecule has 0 radical (unpaired) electrons. The van der Waals surface area contributed by atoms with E-state index in [0.717, 1.165) is 41.6 Å². The van der Waals surface area contributed by atoms with Crippen molar-refractivity contribution in [2.24, 2.45) is 0 Å². The van der Waals surface area contributed by atoms with Crippen molar-refractivity contribution >= 4 is 28.4 Å². The largest absolute Gasteiger partial charge is 0.376 e. The van der Waals surface area contributed by atoms with Crippen LogP contribution in [-0.2, 0) is 33.7 Å². The Hall–Kier alpha value is -4.50. The zero-order valence-corrected chi connectivity index (χ0v) is 22.4. The van der Waals surface area contributed by atoms with E-state index < -0.39 is 11.2 Å². The van der Waals surface area contributed by atoms with Gasteiger partial charge >= 0.3 is 5.69 Å². The Balaban J connectivity index is 1.40. The minimum absolute atomic E-state index is 0.0664. The summed E-state index contributed by atoms with van der Waals surface area (Å²) in [6.07, 6.45) is 2.94. The van der Waals surface area contributed by atoms with E-state index in [1.807, 2.05) is 31.2 Å². The van der Waals surface area contributed by atoms with Gasteiger partial charge in [0.25, 0.3) is 5.56 Å². The molecule has 40 heavy (non-hydrogen) atoms. The fraction of sp³-hybridized carbons (Fsp3) is 0.290. The van der Waals surface area contributed by atoms with Crippen LogP contribution in [0.3, 0.4) is 0 Å². The Labute approximate surface area is 231 Å². The van der Waals surface area contributed by atoms with Crippen molar-refractivity contribution in [1.29, 1.82) is 0 Å². The number of carbonyl (C=O) groups excluding carboxylic acids is 2. The molecule has 1 aliphatic rings. The van der Waals surface area contributed by atoms with E-state index >= 15 is 0 Å². The summed E-state index contributed by atoms with van der Waals surface area (Å²) in [4.78, 5) is 52.5. The number of fused-ring (bicyclic) bond motifs is 1. The molecule has 5 rings (SSSR count). The lowest BCUT2D eigenvalue weighted by atomic mass is 10.1. The number of carbonyl (C=O) groups is 2. The van der Waals surface area contributed by atoms with Crippen LogP contribution >= 0.6 is 0 Å². The minimum Gasteiger partial charge on any atom is -0.376 e. The van der Waals surface area contributed by atoms with Crippen molar-refractivity contribution < 1.29 is 14.3 Å². The first-order chi connectivity index (χ1) is 19.4. The van der Waals surface area contributed by atoms with Gasteiger partial charge in [0, 0.05) is 18.8 Å². The first kappa shape index (κ1) is 27.1. The number of ether oxygens (including phenoxy) is 1. The van der Waals surface area contributed by atoms with Crippen LogP contribution < -0.4 is 21.9 Å². The van der Waals surface area contributed by atoms with Crippen molar-refractivity contribution in [3.8, 4) is 5.69 Å². The maximum atomic E-state index is 13.7. The Bertz CT molecular complexity index is 1650. The molecule has 0 unspecified atom stereocenters. The van der Waals surface area contributed by atoms with Crippen LogP contribution in [0.25, 0.3) is 16.6 Å². The van der Waals surface area contributed by atoms with E-state index in [1.54, 1.807) is 48.5 Å². The third kappa shape index (κ3) is 5.89. The second kappa shape index (κ2) is 12.1. The molecular weight excluding hydrogens is 508 g/mol.